The van der Waals surface area contributed by atoms with Crippen molar-refractivity contribution in [3.8, 4) is 0 Å². The molecule has 1 saturated carbocycles. The number of ether oxygens (including phenoxy) is 1. The summed E-state index contributed by atoms with van der Waals surface area (Å²) in [6, 6.07) is 0. The highest BCUT2D eigenvalue weighted by Gasteiger charge is 2.41. The van der Waals surface area contributed by atoms with Gasteiger partial charge in [-0.25, -0.2) is 4.79 Å². The SMILES string of the molecule is CCC(CC)(OC(=O)N1CCCC1)C1CCCCC1. The fourth-order valence-electron chi connectivity index (χ4n) is 3.82. The summed E-state index contributed by atoms with van der Waals surface area (Å²) in [6.07, 6.45) is 10.5. The van der Waals surface area contributed by atoms with Gasteiger partial charge in [0.1, 0.15) is 5.60 Å². The van der Waals surface area contributed by atoms with E-state index in [0.29, 0.717) is 5.92 Å². The molecule has 110 valence electrons. The fourth-order valence-corrected chi connectivity index (χ4v) is 3.82. The van der Waals surface area contributed by atoms with Crippen molar-refractivity contribution < 1.29 is 9.53 Å². The van der Waals surface area contributed by atoms with Gasteiger partial charge in [0.05, 0.1) is 0 Å². The van der Waals surface area contributed by atoms with E-state index in [-0.39, 0.29) is 11.7 Å². The normalized spacial score (nSPS) is 21.7. The van der Waals surface area contributed by atoms with E-state index in [1.54, 1.807) is 0 Å². The highest BCUT2D eigenvalue weighted by Crippen LogP contribution is 2.40. The number of hydrogen-bond acceptors (Lipinski definition) is 2. The Morgan fingerprint density at radius 3 is 2.16 bits per heavy atom. The minimum atomic E-state index is -0.208. The molecule has 0 aromatic heterocycles. The summed E-state index contributed by atoms with van der Waals surface area (Å²) >= 11 is 0. The fraction of sp³-hybridized carbons (Fsp3) is 0.938. The predicted octanol–water partition coefficient (Wildman–Crippen LogP) is 4.36. The summed E-state index contributed by atoms with van der Waals surface area (Å²) in [6.45, 7) is 6.12. The second-order valence-corrected chi connectivity index (χ2v) is 6.17. The second-order valence-electron chi connectivity index (χ2n) is 6.17. The minimum Gasteiger partial charge on any atom is -0.443 e. The van der Waals surface area contributed by atoms with Crippen molar-refractivity contribution >= 4 is 6.09 Å². The van der Waals surface area contributed by atoms with Gasteiger partial charge < -0.3 is 9.64 Å². The number of amides is 1. The molecule has 3 heteroatoms. The van der Waals surface area contributed by atoms with E-state index in [1.165, 1.54) is 32.1 Å². The summed E-state index contributed by atoms with van der Waals surface area (Å²) in [4.78, 5) is 14.2. The van der Waals surface area contributed by atoms with Crippen molar-refractivity contribution in [1.82, 2.24) is 4.90 Å². The third-order valence-electron chi connectivity index (χ3n) is 5.20. The van der Waals surface area contributed by atoms with E-state index in [9.17, 15) is 4.79 Å². The van der Waals surface area contributed by atoms with Crippen LogP contribution in [0.5, 0.6) is 0 Å². The van der Waals surface area contributed by atoms with E-state index in [0.717, 1.165) is 38.8 Å². The molecule has 1 aliphatic heterocycles. The molecule has 0 N–H and O–H groups in total. The Balaban J connectivity index is 2.02. The maximum absolute atomic E-state index is 12.3. The van der Waals surface area contributed by atoms with Crippen LogP contribution in [0.3, 0.4) is 0 Å². The molecule has 19 heavy (non-hydrogen) atoms. The van der Waals surface area contributed by atoms with E-state index in [4.69, 9.17) is 4.74 Å². The molecule has 0 radical (unpaired) electrons. The van der Waals surface area contributed by atoms with Gasteiger partial charge >= 0.3 is 6.09 Å². The Hall–Kier alpha value is -0.730. The van der Waals surface area contributed by atoms with Crippen molar-refractivity contribution in [2.75, 3.05) is 13.1 Å². The van der Waals surface area contributed by atoms with E-state index >= 15 is 0 Å². The standard InChI is InChI=1S/C16H29NO2/c1-3-16(4-2,14-10-6-5-7-11-14)19-15(18)17-12-8-9-13-17/h14H,3-13H2,1-2H3. The number of carbonyl (C=O) groups is 1. The largest absolute Gasteiger partial charge is 0.443 e. The summed E-state index contributed by atoms with van der Waals surface area (Å²) in [5.41, 5.74) is -0.208. The molecule has 0 unspecified atom stereocenters. The lowest BCUT2D eigenvalue weighted by Gasteiger charge is -2.41. The minimum absolute atomic E-state index is 0.0632. The van der Waals surface area contributed by atoms with Gasteiger partial charge in [0.2, 0.25) is 0 Å². The average molecular weight is 267 g/mol. The Kier molecular flexibility index (Phi) is 5.12. The number of carbonyl (C=O) groups excluding carboxylic acids is 1. The molecule has 1 heterocycles. The lowest BCUT2D eigenvalue weighted by atomic mass is 9.74. The molecule has 0 atom stereocenters. The maximum Gasteiger partial charge on any atom is 0.410 e. The third kappa shape index (κ3) is 3.24. The molecule has 0 bridgehead atoms. The molecular weight excluding hydrogens is 238 g/mol. The Labute approximate surface area is 117 Å². The Morgan fingerprint density at radius 2 is 1.63 bits per heavy atom. The zero-order valence-electron chi connectivity index (χ0n) is 12.6. The lowest BCUT2D eigenvalue weighted by Crippen LogP contribution is -2.45. The molecule has 2 aliphatic rings. The lowest BCUT2D eigenvalue weighted by molar-refractivity contribution is -0.0635. The molecular formula is C16H29NO2. The Morgan fingerprint density at radius 1 is 1.05 bits per heavy atom. The molecule has 1 saturated heterocycles. The summed E-state index contributed by atoms with van der Waals surface area (Å²) in [5.74, 6) is 0.572. The van der Waals surface area contributed by atoms with Crippen molar-refractivity contribution in [3.63, 3.8) is 0 Å². The summed E-state index contributed by atoms with van der Waals surface area (Å²) in [5, 5.41) is 0. The second kappa shape index (κ2) is 6.62. The van der Waals surface area contributed by atoms with Crippen LogP contribution < -0.4 is 0 Å². The van der Waals surface area contributed by atoms with Gasteiger partial charge in [-0.2, -0.15) is 0 Å². The van der Waals surface area contributed by atoms with Crippen LogP contribution in [0.1, 0.15) is 71.6 Å². The van der Waals surface area contributed by atoms with Crippen molar-refractivity contribution in [3.05, 3.63) is 0 Å². The first-order valence-electron chi connectivity index (χ1n) is 8.19. The first-order chi connectivity index (χ1) is 9.22. The van der Waals surface area contributed by atoms with E-state index in [1.807, 2.05) is 4.90 Å². The molecule has 0 aromatic rings. The van der Waals surface area contributed by atoms with Crippen LogP contribution in [-0.4, -0.2) is 29.7 Å². The zero-order valence-corrected chi connectivity index (χ0v) is 12.6. The first-order valence-corrected chi connectivity index (χ1v) is 8.19. The quantitative estimate of drug-likeness (QED) is 0.757. The van der Waals surface area contributed by atoms with E-state index < -0.39 is 0 Å². The maximum atomic E-state index is 12.3. The van der Waals surface area contributed by atoms with E-state index in [2.05, 4.69) is 13.8 Å². The molecule has 0 aromatic carbocycles. The predicted molar refractivity (Wildman–Crippen MR) is 77.2 cm³/mol. The topological polar surface area (TPSA) is 29.5 Å². The van der Waals surface area contributed by atoms with Crippen molar-refractivity contribution in [1.29, 1.82) is 0 Å². The number of nitrogens with zero attached hydrogens (tertiary/aromatic N) is 1. The van der Waals surface area contributed by atoms with Crippen molar-refractivity contribution in [2.45, 2.75) is 77.2 Å². The summed E-state index contributed by atoms with van der Waals surface area (Å²) in [7, 11) is 0. The zero-order chi connectivity index (χ0) is 13.7. The average Bonchev–Trinajstić information content (AvgIpc) is 3.00. The first kappa shape index (κ1) is 14.7. The van der Waals surface area contributed by atoms with Gasteiger partial charge in [-0.1, -0.05) is 33.1 Å². The highest BCUT2D eigenvalue weighted by molar-refractivity contribution is 5.68. The van der Waals surface area contributed by atoms with Crippen LogP contribution >= 0.6 is 0 Å². The molecule has 0 spiro atoms. The molecule has 1 amide bonds. The van der Waals surface area contributed by atoms with Gasteiger partial charge in [-0.15, -0.1) is 0 Å². The van der Waals surface area contributed by atoms with Gasteiger partial charge in [-0.3, -0.25) is 0 Å². The van der Waals surface area contributed by atoms with Crippen LogP contribution in [0.4, 0.5) is 4.79 Å². The van der Waals surface area contributed by atoms with Gasteiger partial charge in [0.25, 0.3) is 0 Å². The molecule has 2 rings (SSSR count). The number of hydrogen-bond donors (Lipinski definition) is 0. The number of likely N-dealkylation sites (tertiary alicyclic amines) is 1. The van der Waals surface area contributed by atoms with Crippen LogP contribution in [0, 0.1) is 5.92 Å². The monoisotopic (exact) mass is 267 g/mol. The smallest absolute Gasteiger partial charge is 0.410 e. The van der Waals surface area contributed by atoms with Crippen LogP contribution in [0.2, 0.25) is 0 Å². The van der Waals surface area contributed by atoms with Gasteiger partial charge in [-0.05, 0) is 44.4 Å². The summed E-state index contributed by atoms with van der Waals surface area (Å²) < 4.78 is 6.05. The molecule has 2 fully saturated rings. The molecule has 3 nitrogen and oxygen atoms in total. The van der Waals surface area contributed by atoms with Crippen molar-refractivity contribution in [2.24, 2.45) is 5.92 Å². The van der Waals surface area contributed by atoms with Crippen LogP contribution in [0.15, 0.2) is 0 Å². The van der Waals surface area contributed by atoms with Crippen LogP contribution in [-0.2, 0) is 4.74 Å². The van der Waals surface area contributed by atoms with Gasteiger partial charge in [0, 0.05) is 13.1 Å². The third-order valence-corrected chi connectivity index (χ3v) is 5.20. The Bertz CT molecular complexity index is 287. The van der Waals surface area contributed by atoms with Gasteiger partial charge in [0.15, 0.2) is 0 Å². The number of rotatable bonds is 4. The molecule has 1 aliphatic carbocycles. The highest BCUT2D eigenvalue weighted by atomic mass is 16.6. The van der Waals surface area contributed by atoms with Crippen LogP contribution in [0.25, 0.3) is 0 Å².